The zero-order chi connectivity index (χ0) is 14.8. The first-order valence-electron chi connectivity index (χ1n) is 8.01. The molecule has 3 rings (SSSR count). The first-order chi connectivity index (χ1) is 10.1. The van der Waals surface area contributed by atoms with Gasteiger partial charge in [-0.3, -0.25) is 0 Å². The fourth-order valence-corrected chi connectivity index (χ4v) is 3.46. The smallest absolute Gasteiger partial charge is 0.318 e. The van der Waals surface area contributed by atoms with Gasteiger partial charge in [-0.25, -0.2) is 4.79 Å². The summed E-state index contributed by atoms with van der Waals surface area (Å²) in [6.07, 6.45) is 2.18. The molecule has 4 nitrogen and oxygen atoms in total. The van der Waals surface area contributed by atoms with Gasteiger partial charge in [0.15, 0.2) is 0 Å². The lowest BCUT2D eigenvalue weighted by Gasteiger charge is -2.38. The Morgan fingerprint density at radius 3 is 2.43 bits per heavy atom. The number of hydrogen-bond donors (Lipinski definition) is 1. The van der Waals surface area contributed by atoms with Crippen molar-refractivity contribution < 1.29 is 4.79 Å². The Labute approximate surface area is 127 Å². The van der Waals surface area contributed by atoms with E-state index in [2.05, 4.69) is 41.1 Å². The third-order valence-electron chi connectivity index (χ3n) is 4.81. The number of nitrogens with zero attached hydrogens (tertiary/aromatic N) is 2. The van der Waals surface area contributed by atoms with Crippen LogP contribution in [0, 0.1) is 0 Å². The number of likely N-dealkylation sites (tertiary alicyclic amines) is 1. The van der Waals surface area contributed by atoms with Crippen molar-refractivity contribution in [1.29, 1.82) is 0 Å². The maximum Gasteiger partial charge on any atom is 0.318 e. The molecule has 2 fully saturated rings. The number of carbonyl (C=O) groups excluding carboxylic acids is 1. The summed E-state index contributed by atoms with van der Waals surface area (Å²) >= 11 is 0. The highest BCUT2D eigenvalue weighted by molar-refractivity contribution is 5.77. The number of amides is 2. The molecule has 1 unspecified atom stereocenters. The molecule has 0 radical (unpaired) electrons. The van der Waals surface area contributed by atoms with Crippen LogP contribution in [-0.4, -0.2) is 47.5 Å². The number of benzene rings is 1. The fraction of sp³-hybridized carbons (Fsp3) is 0.588. The summed E-state index contributed by atoms with van der Waals surface area (Å²) in [6, 6.07) is 11.5. The van der Waals surface area contributed by atoms with Crippen molar-refractivity contribution in [2.24, 2.45) is 0 Å². The van der Waals surface area contributed by atoms with E-state index in [1.54, 1.807) is 0 Å². The molecule has 0 spiro atoms. The molecular formula is C17H25N3O. The number of rotatable bonds is 3. The van der Waals surface area contributed by atoms with Gasteiger partial charge in [-0.1, -0.05) is 30.3 Å². The molecule has 1 atom stereocenters. The first-order valence-corrected chi connectivity index (χ1v) is 8.01. The molecule has 2 heterocycles. The van der Waals surface area contributed by atoms with Crippen molar-refractivity contribution in [2.45, 2.75) is 44.8 Å². The van der Waals surface area contributed by atoms with Gasteiger partial charge >= 0.3 is 6.03 Å². The lowest BCUT2D eigenvalue weighted by Crippen LogP contribution is -2.47. The highest BCUT2D eigenvalue weighted by atomic mass is 16.2. The predicted octanol–water partition coefficient (Wildman–Crippen LogP) is 2.63. The van der Waals surface area contributed by atoms with Gasteiger partial charge < -0.3 is 15.1 Å². The fourth-order valence-electron chi connectivity index (χ4n) is 3.46. The molecular weight excluding hydrogens is 262 g/mol. The maximum atomic E-state index is 12.3. The van der Waals surface area contributed by atoms with Crippen LogP contribution in [0.1, 0.15) is 38.3 Å². The summed E-state index contributed by atoms with van der Waals surface area (Å²) in [5.41, 5.74) is 1.20. The van der Waals surface area contributed by atoms with Crippen LogP contribution in [0.2, 0.25) is 0 Å². The third-order valence-corrected chi connectivity index (χ3v) is 4.81. The number of carbonyl (C=O) groups is 1. The zero-order valence-electron chi connectivity index (χ0n) is 13.0. The SMILES string of the molecule is CC(C)N1CCC(N2CC(c3ccccc3)NC2=O)CC1. The standard InChI is InChI=1S/C17H25N3O/c1-13(2)19-10-8-15(9-11-19)20-12-16(18-17(20)21)14-6-4-3-5-7-14/h3-7,13,15-16H,8-12H2,1-2H3,(H,18,21). The molecule has 2 saturated heterocycles. The van der Waals surface area contributed by atoms with E-state index in [1.807, 2.05) is 18.2 Å². The average Bonchev–Trinajstić information content (AvgIpc) is 2.90. The van der Waals surface area contributed by atoms with Crippen LogP contribution >= 0.6 is 0 Å². The van der Waals surface area contributed by atoms with Gasteiger partial charge in [0, 0.05) is 31.7 Å². The van der Waals surface area contributed by atoms with Crippen LogP contribution < -0.4 is 5.32 Å². The van der Waals surface area contributed by atoms with Crippen LogP contribution in [-0.2, 0) is 0 Å². The number of piperidine rings is 1. The molecule has 1 aromatic rings. The molecule has 2 aliphatic heterocycles. The Bertz CT molecular complexity index is 480. The number of urea groups is 1. The second-order valence-electron chi connectivity index (χ2n) is 6.43. The summed E-state index contributed by atoms with van der Waals surface area (Å²) in [6.45, 7) is 7.49. The largest absolute Gasteiger partial charge is 0.329 e. The van der Waals surface area contributed by atoms with Gasteiger partial charge in [-0.05, 0) is 32.3 Å². The summed E-state index contributed by atoms with van der Waals surface area (Å²) in [4.78, 5) is 16.8. The van der Waals surface area contributed by atoms with E-state index in [9.17, 15) is 4.79 Å². The van der Waals surface area contributed by atoms with Crippen molar-refractivity contribution in [3.8, 4) is 0 Å². The highest BCUT2D eigenvalue weighted by Gasteiger charge is 2.36. The molecule has 2 aliphatic rings. The molecule has 0 bridgehead atoms. The van der Waals surface area contributed by atoms with E-state index >= 15 is 0 Å². The normalized spacial score (nSPS) is 24.6. The molecule has 114 valence electrons. The minimum Gasteiger partial charge on any atom is -0.329 e. The van der Waals surface area contributed by atoms with Crippen molar-refractivity contribution in [3.05, 3.63) is 35.9 Å². The van der Waals surface area contributed by atoms with E-state index in [1.165, 1.54) is 5.56 Å². The van der Waals surface area contributed by atoms with E-state index in [0.717, 1.165) is 32.5 Å². The van der Waals surface area contributed by atoms with Crippen LogP contribution in [0.4, 0.5) is 4.79 Å². The van der Waals surface area contributed by atoms with E-state index < -0.39 is 0 Å². The average molecular weight is 287 g/mol. The molecule has 21 heavy (non-hydrogen) atoms. The van der Waals surface area contributed by atoms with Crippen molar-refractivity contribution in [3.63, 3.8) is 0 Å². The van der Waals surface area contributed by atoms with Crippen molar-refractivity contribution >= 4 is 6.03 Å². The van der Waals surface area contributed by atoms with Crippen LogP contribution in [0.15, 0.2) is 30.3 Å². The van der Waals surface area contributed by atoms with Gasteiger partial charge in [0.05, 0.1) is 6.04 Å². The second-order valence-corrected chi connectivity index (χ2v) is 6.43. The Balaban J connectivity index is 1.61. The highest BCUT2D eigenvalue weighted by Crippen LogP contribution is 2.26. The maximum absolute atomic E-state index is 12.3. The summed E-state index contributed by atoms with van der Waals surface area (Å²) in [5.74, 6) is 0. The Morgan fingerprint density at radius 2 is 1.81 bits per heavy atom. The molecule has 2 amide bonds. The lowest BCUT2D eigenvalue weighted by atomic mass is 10.0. The van der Waals surface area contributed by atoms with E-state index in [-0.39, 0.29) is 12.1 Å². The van der Waals surface area contributed by atoms with Gasteiger partial charge in [0.1, 0.15) is 0 Å². The van der Waals surface area contributed by atoms with E-state index in [4.69, 9.17) is 0 Å². The summed E-state index contributed by atoms with van der Waals surface area (Å²) in [7, 11) is 0. The lowest BCUT2D eigenvalue weighted by molar-refractivity contribution is 0.116. The van der Waals surface area contributed by atoms with Gasteiger partial charge in [-0.2, -0.15) is 0 Å². The molecule has 1 aromatic carbocycles. The molecule has 0 aliphatic carbocycles. The van der Waals surface area contributed by atoms with E-state index in [0.29, 0.717) is 12.1 Å². The van der Waals surface area contributed by atoms with Gasteiger partial charge in [-0.15, -0.1) is 0 Å². The molecule has 4 heteroatoms. The second kappa shape index (κ2) is 6.06. The van der Waals surface area contributed by atoms with Gasteiger partial charge in [0.2, 0.25) is 0 Å². The number of hydrogen-bond acceptors (Lipinski definition) is 2. The summed E-state index contributed by atoms with van der Waals surface area (Å²) < 4.78 is 0. The third kappa shape index (κ3) is 3.05. The zero-order valence-corrected chi connectivity index (χ0v) is 13.0. The predicted molar refractivity (Wildman–Crippen MR) is 84.2 cm³/mol. The molecule has 1 N–H and O–H groups in total. The van der Waals surface area contributed by atoms with Crippen molar-refractivity contribution in [1.82, 2.24) is 15.1 Å². The van der Waals surface area contributed by atoms with Crippen molar-refractivity contribution in [2.75, 3.05) is 19.6 Å². The Morgan fingerprint density at radius 1 is 1.14 bits per heavy atom. The van der Waals surface area contributed by atoms with Gasteiger partial charge in [0.25, 0.3) is 0 Å². The Hall–Kier alpha value is -1.55. The minimum absolute atomic E-state index is 0.104. The Kier molecular flexibility index (Phi) is 4.15. The molecule has 0 aromatic heterocycles. The number of nitrogens with one attached hydrogen (secondary N) is 1. The topological polar surface area (TPSA) is 35.6 Å². The van der Waals surface area contributed by atoms with Crippen LogP contribution in [0.3, 0.4) is 0 Å². The quantitative estimate of drug-likeness (QED) is 0.927. The molecule has 0 saturated carbocycles. The van der Waals surface area contributed by atoms with Crippen LogP contribution in [0.5, 0.6) is 0 Å². The first kappa shape index (κ1) is 14.4. The van der Waals surface area contributed by atoms with Crippen LogP contribution in [0.25, 0.3) is 0 Å². The minimum atomic E-state index is 0.104. The summed E-state index contributed by atoms with van der Waals surface area (Å²) in [5, 5.41) is 3.12. The monoisotopic (exact) mass is 287 g/mol.